The second-order valence-electron chi connectivity index (χ2n) is 9.11. The van der Waals surface area contributed by atoms with Gasteiger partial charge in [0.15, 0.2) is 9.84 Å². The van der Waals surface area contributed by atoms with E-state index in [2.05, 4.69) is 43.5 Å². The Morgan fingerprint density at radius 1 is 1.06 bits per heavy atom. The van der Waals surface area contributed by atoms with Gasteiger partial charge in [-0.25, -0.2) is 28.4 Å². The maximum atomic E-state index is 12.0. The lowest BCUT2D eigenvalue weighted by Gasteiger charge is -2.57. The van der Waals surface area contributed by atoms with Gasteiger partial charge in [-0.1, -0.05) is 6.07 Å². The Morgan fingerprint density at radius 2 is 1.79 bits per heavy atom. The molecule has 0 bridgehead atoms. The molecule has 178 valence electrons. The van der Waals surface area contributed by atoms with Crippen LogP contribution in [-0.4, -0.2) is 65.8 Å². The molecule has 5 heterocycles. The molecule has 1 spiro atoms. The number of likely N-dealkylation sites (tertiary alicyclic amines) is 1. The summed E-state index contributed by atoms with van der Waals surface area (Å²) in [6.45, 7) is 8.13. The highest BCUT2D eigenvalue weighted by molar-refractivity contribution is 7.90. The number of rotatable bonds is 7. The standard InChI is InChI=1S/C23H27N7O3S/c1-15-17(16(2)30-10-23(11-30)12-33-13-23)6-7-19(27-15)28-20-9-21(26-14-25-20)29-22-18(34(3,31)32)5-4-8-24-22/h4-9,14,16H,10-13H2,1-3H3,(H2,24,25,26,27,28,29)/t16-/m1/s1. The minimum absolute atomic E-state index is 0.100. The zero-order valence-corrected chi connectivity index (χ0v) is 20.1. The summed E-state index contributed by atoms with van der Waals surface area (Å²) < 4.78 is 29.4. The lowest BCUT2D eigenvalue weighted by atomic mass is 9.76. The molecule has 0 aliphatic carbocycles. The average Bonchev–Trinajstić information content (AvgIpc) is 2.71. The van der Waals surface area contributed by atoms with Crippen molar-refractivity contribution in [1.29, 1.82) is 0 Å². The van der Waals surface area contributed by atoms with Gasteiger partial charge in [-0.05, 0) is 37.6 Å². The van der Waals surface area contributed by atoms with E-state index in [1.807, 2.05) is 13.0 Å². The smallest absolute Gasteiger partial charge is 0.179 e. The van der Waals surface area contributed by atoms with Gasteiger partial charge in [-0.2, -0.15) is 0 Å². The Kier molecular flexibility index (Phi) is 5.70. The second-order valence-corrected chi connectivity index (χ2v) is 11.1. The summed E-state index contributed by atoms with van der Waals surface area (Å²) in [5, 5.41) is 6.17. The van der Waals surface area contributed by atoms with Crippen LogP contribution in [0.5, 0.6) is 0 Å². The van der Waals surface area contributed by atoms with Crippen LogP contribution in [0.1, 0.15) is 24.2 Å². The normalized spacial score (nSPS) is 18.1. The molecule has 10 nitrogen and oxygen atoms in total. The van der Waals surface area contributed by atoms with Crippen molar-refractivity contribution in [1.82, 2.24) is 24.8 Å². The van der Waals surface area contributed by atoms with Crippen molar-refractivity contribution in [2.24, 2.45) is 5.41 Å². The quantitative estimate of drug-likeness (QED) is 0.521. The van der Waals surface area contributed by atoms with E-state index in [4.69, 9.17) is 9.72 Å². The molecule has 0 radical (unpaired) electrons. The van der Waals surface area contributed by atoms with Gasteiger partial charge in [0.05, 0.1) is 13.2 Å². The molecule has 0 amide bonds. The van der Waals surface area contributed by atoms with E-state index in [0.29, 0.717) is 28.9 Å². The van der Waals surface area contributed by atoms with Crippen LogP contribution >= 0.6 is 0 Å². The number of hydrogen-bond acceptors (Lipinski definition) is 10. The Morgan fingerprint density at radius 3 is 2.44 bits per heavy atom. The van der Waals surface area contributed by atoms with Crippen molar-refractivity contribution >= 4 is 33.1 Å². The predicted molar refractivity (Wildman–Crippen MR) is 128 cm³/mol. The number of hydrogen-bond donors (Lipinski definition) is 2. The highest BCUT2D eigenvalue weighted by Crippen LogP contribution is 2.42. The number of nitrogens with zero attached hydrogens (tertiary/aromatic N) is 5. The molecule has 2 aliphatic rings. The fraction of sp³-hybridized carbons (Fsp3) is 0.391. The number of nitrogens with one attached hydrogen (secondary N) is 2. The molecule has 11 heteroatoms. The fourth-order valence-corrected chi connectivity index (χ4v) is 5.25. The summed E-state index contributed by atoms with van der Waals surface area (Å²) in [6, 6.07) is 9.09. The van der Waals surface area contributed by atoms with E-state index in [1.165, 1.54) is 24.2 Å². The molecule has 2 N–H and O–H groups in total. The Balaban J connectivity index is 1.28. The number of pyridine rings is 2. The topological polar surface area (TPSA) is 122 Å². The monoisotopic (exact) mass is 481 g/mol. The molecule has 3 aromatic heterocycles. The van der Waals surface area contributed by atoms with Crippen LogP contribution in [0.4, 0.5) is 23.3 Å². The largest absolute Gasteiger partial charge is 0.380 e. The summed E-state index contributed by atoms with van der Waals surface area (Å²) in [4.78, 5) is 19.9. The SMILES string of the molecule is Cc1nc(Nc2cc(Nc3ncccc3S(C)(=O)=O)ncn2)ccc1[C@@H](C)N1CC2(COC2)C1. The fourth-order valence-electron chi connectivity index (χ4n) is 4.47. The highest BCUT2D eigenvalue weighted by Gasteiger charge is 2.50. The van der Waals surface area contributed by atoms with Crippen LogP contribution in [0.15, 0.2) is 47.8 Å². The van der Waals surface area contributed by atoms with E-state index < -0.39 is 9.84 Å². The van der Waals surface area contributed by atoms with E-state index in [0.717, 1.165) is 38.3 Å². The predicted octanol–water partition coefficient (Wildman–Crippen LogP) is 2.86. The number of anilines is 4. The van der Waals surface area contributed by atoms with Crippen molar-refractivity contribution in [3.8, 4) is 0 Å². The summed E-state index contributed by atoms with van der Waals surface area (Å²) in [6.07, 6.45) is 4.05. The third-order valence-corrected chi connectivity index (χ3v) is 7.49. The van der Waals surface area contributed by atoms with Gasteiger partial charge >= 0.3 is 0 Å². The van der Waals surface area contributed by atoms with Gasteiger partial charge in [0.1, 0.15) is 34.5 Å². The van der Waals surface area contributed by atoms with Crippen LogP contribution in [0.2, 0.25) is 0 Å². The molecule has 0 saturated carbocycles. The maximum Gasteiger partial charge on any atom is 0.179 e. The minimum atomic E-state index is -3.44. The van der Waals surface area contributed by atoms with E-state index in [1.54, 1.807) is 12.1 Å². The molecule has 1 atom stereocenters. The molecule has 34 heavy (non-hydrogen) atoms. The number of ether oxygens (including phenoxy) is 1. The van der Waals surface area contributed by atoms with Gasteiger partial charge in [0.25, 0.3) is 0 Å². The third-order valence-electron chi connectivity index (χ3n) is 6.36. The lowest BCUT2D eigenvalue weighted by Crippen LogP contribution is -2.66. The van der Waals surface area contributed by atoms with Crippen molar-refractivity contribution in [2.75, 3.05) is 43.2 Å². The van der Waals surface area contributed by atoms with Gasteiger partial charge < -0.3 is 15.4 Å². The molecule has 0 unspecified atom stereocenters. The van der Waals surface area contributed by atoms with Crippen molar-refractivity contribution in [2.45, 2.75) is 24.8 Å². The Hall–Kier alpha value is -3.15. The molecular weight excluding hydrogens is 454 g/mol. The van der Waals surface area contributed by atoms with Crippen LogP contribution in [0, 0.1) is 12.3 Å². The van der Waals surface area contributed by atoms with E-state index >= 15 is 0 Å². The summed E-state index contributed by atoms with van der Waals surface area (Å²) in [5.74, 6) is 1.81. The Bertz CT molecular complexity index is 1320. The number of aromatic nitrogens is 4. The number of sulfone groups is 1. The average molecular weight is 482 g/mol. The van der Waals surface area contributed by atoms with Gasteiger partial charge in [-0.3, -0.25) is 4.90 Å². The molecule has 3 aromatic rings. The third kappa shape index (κ3) is 4.46. The van der Waals surface area contributed by atoms with Crippen LogP contribution in [0.25, 0.3) is 0 Å². The lowest BCUT2D eigenvalue weighted by molar-refractivity contribution is -0.197. The van der Waals surface area contributed by atoms with Crippen molar-refractivity contribution in [3.05, 3.63) is 54.1 Å². The first kappa shape index (κ1) is 22.6. The zero-order chi connectivity index (χ0) is 23.9. The summed E-state index contributed by atoms with van der Waals surface area (Å²) >= 11 is 0. The number of aryl methyl sites for hydroxylation is 1. The van der Waals surface area contributed by atoms with Gasteiger partial charge in [-0.15, -0.1) is 0 Å². The summed E-state index contributed by atoms with van der Waals surface area (Å²) in [7, 11) is -3.44. The highest BCUT2D eigenvalue weighted by atomic mass is 32.2. The van der Waals surface area contributed by atoms with Crippen molar-refractivity contribution < 1.29 is 13.2 Å². The molecule has 2 fully saturated rings. The first-order chi connectivity index (χ1) is 16.2. The maximum absolute atomic E-state index is 12.0. The molecule has 0 aromatic carbocycles. The van der Waals surface area contributed by atoms with Crippen LogP contribution in [-0.2, 0) is 14.6 Å². The molecule has 2 saturated heterocycles. The minimum Gasteiger partial charge on any atom is -0.380 e. The van der Waals surface area contributed by atoms with Crippen LogP contribution < -0.4 is 10.6 Å². The first-order valence-electron chi connectivity index (χ1n) is 11.0. The molecule has 2 aliphatic heterocycles. The van der Waals surface area contributed by atoms with E-state index in [9.17, 15) is 8.42 Å². The zero-order valence-electron chi connectivity index (χ0n) is 19.3. The van der Waals surface area contributed by atoms with E-state index in [-0.39, 0.29) is 10.7 Å². The first-order valence-corrected chi connectivity index (χ1v) is 12.9. The van der Waals surface area contributed by atoms with Crippen LogP contribution in [0.3, 0.4) is 0 Å². The molecular formula is C23H27N7O3S. The molecule has 5 rings (SSSR count). The summed E-state index contributed by atoms with van der Waals surface area (Å²) in [5.41, 5.74) is 2.55. The van der Waals surface area contributed by atoms with Crippen molar-refractivity contribution in [3.63, 3.8) is 0 Å². The van der Waals surface area contributed by atoms with Gasteiger partial charge in [0, 0.05) is 48.8 Å². The van der Waals surface area contributed by atoms with Gasteiger partial charge in [0.2, 0.25) is 0 Å². The Labute approximate surface area is 198 Å². The second kappa shape index (κ2) is 8.57.